The van der Waals surface area contributed by atoms with Crippen LogP contribution < -0.4 is 5.32 Å². The first kappa shape index (κ1) is 12.1. The van der Waals surface area contributed by atoms with E-state index < -0.39 is 17.4 Å². The van der Waals surface area contributed by atoms with Crippen molar-refractivity contribution < 1.29 is 18.7 Å². The predicted molar refractivity (Wildman–Crippen MR) is 64.8 cm³/mol. The molecule has 1 saturated heterocycles. The van der Waals surface area contributed by atoms with Gasteiger partial charge >= 0.3 is 5.97 Å². The van der Waals surface area contributed by atoms with Crippen LogP contribution in [0.25, 0.3) is 0 Å². The smallest absolute Gasteiger partial charge is 0.328 e. The van der Waals surface area contributed by atoms with Crippen molar-refractivity contribution in [2.75, 3.05) is 6.61 Å². The van der Waals surface area contributed by atoms with Gasteiger partial charge in [-0.2, -0.15) is 0 Å². The third-order valence-corrected chi connectivity index (χ3v) is 3.81. The Balaban J connectivity index is 1.80. The van der Waals surface area contributed by atoms with Crippen LogP contribution in [0.5, 0.6) is 0 Å². The quantitative estimate of drug-likeness (QED) is 0.836. The number of hydrogen-bond donors (Lipinski definition) is 1. The van der Waals surface area contributed by atoms with Gasteiger partial charge in [-0.05, 0) is 18.9 Å². The maximum Gasteiger partial charge on any atom is 0.328 e. The van der Waals surface area contributed by atoms with Gasteiger partial charge in [0.2, 0.25) is 5.91 Å². The van der Waals surface area contributed by atoms with Crippen molar-refractivity contribution in [1.82, 2.24) is 5.32 Å². The van der Waals surface area contributed by atoms with Crippen LogP contribution in [0.15, 0.2) is 24.3 Å². The second-order valence-electron chi connectivity index (χ2n) is 5.04. The topological polar surface area (TPSA) is 55.4 Å². The molecule has 1 unspecified atom stereocenters. The van der Waals surface area contributed by atoms with Crippen molar-refractivity contribution in [3.05, 3.63) is 35.6 Å². The number of ether oxygens (including phenoxy) is 1. The lowest BCUT2D eigenvalue weighted by Gasteiger charge is -2.18. The van der Waals surface area contributed by atoms with E-state index in [0.29, 0.717) is 31.4 Å². The SMILES string of the molecule is O=C1OCCC1NC(=O)C1(c2ccccc2F)CC1. The standard InChI is InChI=1S/C14H14FNO3/c15-10-4-2-1-3-9(10)14(6-7-14)13(18)16-11-5-8-19-12(11)17/h1-4,11H,5-8H2,(H,16,18). The highest BCUT2D eigenvalue weighted by atomic mass is 19.1. The molecule has 19 heavy (non-hydrogen) atoms. The van der Waals surface area contributed by atoms with Gasteiger partial charge in [0.25, 0.3) is 0 Å². The zero-order valence-corrected chi connectivity index (χ0v) is 10.3. The fraction of sp³-hybridized carbons (Fsp3) is 0.429. The molecule has 1 saturated carbocycles. The van der Waals surface area contributed by atoms with E-state index in [1.54, 1.807) is 18.2 Å². The van der Waals surface area contributed by atoms with E-state index >= 15 is 0 Å². The molecule has 3 rings (SSSR count). The van der Waals surface area contributed by atoms with Crippen molar-refractivity contribution >= 4 is 11.9 Å². The van der Waals surface area contributed by atoms with Crippen molar-refractivity contribution in [2.24, 2.45) is 0 Å². The lowest BCUT2D eigenvalue weighted by Crippen LogP contribution is -2.43. The molecule has 0 bridgehead atoms. The molecule has 0 spiro atoms. The molecule has 5 heteroatoms. The molecule has 0 radical (unpaired) electrons. The molecule has 1 aromatic rings. The summed E-state index contributed by atoms with van der Waals surface area (Å²) in [5, 5.41) is 2.68. The summed E-state index contributed by atoms with van der Waals surface area (Å²) >= 11 is 0. The van der Waals surface area contributed by atoms with Crippen LogP contribution in [-0.2, 0) is 19.7 Å². The molecule has 1 amide bonds. The van der Waals surface area contributed by atoms with Gasteiger partial charge in [0.15, 0.2) is 0 Å². The summed E-state index contributed by atoms with van der Waals surface area (Å²) in [5.74, 6) is -1.05. The Bertz CT molecular complexity index is 539. The van der Waals surface area contributed by atoms with Gasteiger partial charge < -0.3 is 10.1 Å². The van der Waals surface area contributed by atoms with Crippen LogP contribution in [-0.4, -0.2) is 24.5 Å². The summed E-state index contributed by atoms with van der Waals surface area (Å²) < 4.78 is 18.6. The van der Waals surface area contributed by atoms with Crippen LogP contribution in [0.3, 0.4) is 0 Å². The second-order valence-corrected chi connectivity index (χ2v) is 5.04. The van der Waals surface area contributed by atoms with Gasteiger partial charge in [-0.15, -0.1) is 0 Å². The molecule has 2 fully saturated rings. The number of esters is 1. The lowest BCUT2D eigenvalue weighted by molar-refractivity contribution is -0.141. The second kappa shape index (κ2) is 4.33. The molecule has 1 aliphatic carbocycles. The fourth-order valence-corrected chi connectivity index (χ4v) is 2.52. The zero-order valence-electron chi connectivity index (χ0n) is 10.3. The van der Waals surface area contributed by atoms with Crippen molar-refractivity contribution in [3.63, 3.8) is 0 Å². The summed E-state index contributed by atoms with van der Waals surface area (Å²) in [6.07, 6.45) is 1.71. The van der Waals surface area contributed by atoms with E-state index in [4.69, 9.17) is 4.74 Å². The zero-order chi connectivity index (χ0) is 13.5. The number of halogens is 1. The van der Waals surface area contributed by atoms with Crippen LogP contribution in [0.2, 0.25) is 0 Å². The molecule has 1 aromatic carbocycles. The van der Waals surface area contributed by atoms with Gasteiger partial charge in [0.05, 0.1) is 12.0 Å². The first-order valence-corrected chi connectivity index (χ1v) is 6.36. The molecule has 1 aliphatic heterocycles. The van der Waals surface area contributed by atoms with E-state index in [0.717, 1.165) is 0 Å². The van der Waals surface area contributed by atoms with Crippen LogP contribution in [0.1, 0.15) is 24.8 Å². The molecular weight excluding hydrogens is 249 g/mol. The molecule has 1 heterocycles. The molecule has 1 atom stereocenters. The number of cyclic esters (lactones) is 1. The Kier molecular flexibility index (Phi) is 2.77. The van der Waals surface area contributed by atoms with E-state index in [2.05, 4.69) is 5.32 Å². The minimum atomic E-state index is -0.797. The summed E-state index contributed by atoms with van der Waals surface area (Å²) in [6.45, 7) is 0.330. The number of benzene rings is 1. The number of nitrogens with one attached hydrogen (secondary N) is 1. The lowest BCUT2D eigenvalue weighted by atomic mass is 9.94. The Morgan fingerprint density at radius 2 is 2.11 bits per heavy atom. The predicted octanol–water partition coefficient (Wildman–Crippen LogP) is 1.29. The number of amides is 1. The van der Waals surface area contributed by atoms with Crippen molar-refractivity contribution in [2.45, 2.75) is 30.7 Å². The maximum atomic E-state index is 13.8. The third kappa shape index (κ3) is 1.99. The highest BCUT2D eigenvalue weighted by Gasteiger charge is 2.53. The highest BCUT2D eigenvalue weighted by molar-refractivity contribution is 5.94. The molecule has 2 aliphatic rings. The van der Waals surface area contributed by atoms with Gasteiger partial charge in [-0.25, -0.2) is 9.18 Å². The van der Waals surface area contributed by atoms with Gasteiger partial charge in [0, 0.05) is 12.0 Å². The Labute approximate surface area is 109 Å². The summed E-state index contributed by atoms with van der Waals surface area (Å²) in [5.41, 5.74) is -0.382. The van der Waals surface area contributed by atoms with Crippen molar-refractivity contribution in [3.8, 4) is 0 Å². The number of carbonyl (C=O) groups is 2. The largest absolute Gasteiger partial charge is 0.464 e. The van der Waals surface area contributed by atoms with Crippen LogP contribution >= 0.6 is 0 Å². The number of rotatable bonds is 3. The van der Waals surface area contributed by atoms with Crippen LogP contribution in [0.4, 0.5) is 4.39 Å². The fourth-order valence-electron chi connectivity index (χ4n) is 2.52. The Morgan fingerprint density at radius 3 is 2.68 bits per heavy atom. The van der Waals surface area contributed by atoms with Gasteiger partial charge in [-0.3, -0.25) is 4.79 Å². The van der Waals surface area contributed by atoms with E-state index in [1.165, 1.54) is 6.07 Å². The first-order valence-electron chi connectivity index (χ1n) is 6.36. The summed E-state index contributed by atoms with van der Waals surface area (Å²) in [4.78, 5) is 23.6. The third-order valence-electron chi connectivity index (χ3n) is 3.81. The van der Waals surface area contributed by atoms with E-state index in [9.17, 15) is 14.0 Å². The monoisotopic (exact) mass is 263 g/mol. The van der Waals surface area contributed by atoms with Crippen LogP contribution in [0, 0.1) is 5.82 Å². The normalized spacial score (nSPS) is 23.8. The minimum Gasteiger partial charge on any atom is -0.464 e. The molecule has 100 valence electrons. The van der Waals surface area contributed by atoms with Crippen molar-refractivity contribution in [1.29, 1.82) is 0 Å². The van der Waals surface area contributed by atoms with E-state index in [1.807, 2.05) is 0 Å². The Hall–Kier alpha value is -1.91. The number of hydrogen-bond acceptors (Lipinski definition) is 3. The molecule has 1 N–H and O–H groups in total. The first-order chi connectivity index (χ1) is 9.13. The summed E-state index contributed by atoms with van der Waals surface area (Å²) in [7, 11) is 0. The van der Waals surface area contributed by atoms with E-state index in [-0.39, 0.29) is 11.7 Å². The molecular formula is C14H14FNO3. The van der Waals surface area contributed by atoms with Gasteiger partial charge in [0.1, 0.15) is 11.9 Å². The average molecular weight is 263 g/mol. The van der Waals surface area contributed by atoms with Gasteiger partial charge in [-0.1, -0.05) is 18.2 Å². The number of carbonyl (C=O) groups excluding carboxylic acids is 2. The molecule has 0 aromatic heterocycles. The Morgan fingerprint density at radius 1 is 1.37 bits per heavy atom. The summed E-state index contributed by atoms with van der Waals surface area (Å²) in [6, 6.07) is 5.72. The highest BCUT2D eigenvalue weighted by Crippen LogP contribution is 2.49. The minimum absolute atomic E-state index is 0.276. The molecule has 4 nitrogen and oxygen atoms in total. The maximum absolute atomic E-state index is 13.8. The average Bonchev–Trinajstić information content (AvgIpc) is 3.11.